The van der Waals surface area contributed by atoms with Crippen molar-refractivity contribution in [1.29, 1.82) is 5.26 Å². The zero-order valence-corrected chi connectivity index (χ0v) is 33.7. The van der Waals surface area contributed by atoms with Gasteiger partial charge < -0.3 is 34.5 Å². The molecule has 0 aromatic heterocycles. The van der Waals surface area contributed by atoms with E-state index in [0.717, 1.165) is 42.4 Å². The molecule has 60 heavy (non-hydrogen) atoms. The van der Waals surface area contributed by atoms with Crippen molar-refractivity contribution in [2.24, 2.45) is 22.9 Å². The monoisotopic (exact) mass is 813 g/mol. The molecule has 6 atom stereocenters. The Morgan fingerprint density at radius 1 is 0.967 bits per heavy atom. The second kappa shape index (κ2) is 19.5. The van der Waals surface area contributed by atoms with Crippen LogP contribution in [0.5, 0.6) is 11.5 Å². The average Bonchev–Trinajstić information content (AvgIpc) is 3.27. The van der Waals surface area contributed by atoms with Crippen molar-refractivity contribution in [2.45, 2.75) is 75.8 Å². The van der Waals surface area contributed by atoms with Crippen LogP contribution >= 0.6 is 0 Å². The van der Waals surface area contributed by atoms with Crippen LogP contribution < -0.4 is 4.74 Å². The predicted molar refractivity (Wildman–Crippen MR) is 225 cm³/mol. The number of rotatable bonds is 18. The fourth-order valence-corrected chi connectivity index (χ4v) is 9.38. The van der Waals surface area contributed by atoms with E-state index in [9.17, 15) is 25.0 Å². The van der Waals surface area contributed by atoms with Crippen molar-refractivity contribution < 1.29 is 38.8 Å². The first kappa shape index (κ1) is 42.3. The van der Waals surface area contributed by atoms with Gasteiger partial charge in [-0.05, 0) is 109 Å². The van der Waals surface area contributed by atoms with E-state index in [1.165, 1.54) is 12.1 Å². The molecular weight excluding hydrogens is 762 g/mol. The molecular formula is C49H52FN3O7. The smallest absolute Gasteiger partial charge is 0.254 e. The maximum Gasteiger partial charge on any atom is 0.254 e. The van der Waals surface area contributed by atoms with E-state index in [1.807, 2.05) is 30.3 Å². The topological polar surface area (TPSA) is 145 Å². The fraction of sp³-hybridized carbons (Fsp3) is 0.367. The Hall–Kier alpha value is -5.80. The molecule has 1 aliphatic heterocycles. The number of aliphatic hydroxyl groups is 2. The fourth-order valence-electron chi connectivity index (χ4n) is 9.38. The van der Waals surface area contributed by atoms with Crippen molar-refractivity contribution in [3.8, 4) is 17.6 Å². The molecule has 1 fully saturated rings. The largest absolute Gasteiger partial charge is 0.508 e. The molecule has 3 aliphatic rings. The van der Waals surface area contributed by atoms with Gasteiger partial charge in [0.05, 0.1) is 29.9 Å². The Balaban J connectivity index is 1.47. The lowest BCUT2D eigenvalue weighted by molar-refractivity contribution is -0.255. The third-order valence-corrected chi connectivity index (χ3v) is 12.1. The number of fused-ring (bicyclic) bond motifs is 2. The Kier molecular flexibility index (Phi) is 13.8. The summed E-state index contributed by atoms with van der Waals surface area (Å²) in [6.07, 6.45) is 8.37. The number of halogens is 1. The molecule has 2 aliphatic carbocycles. The van der Waals surface area contributed by atoms with E-state index < -0.39 is 23.6 Å². The first-order valence-electron chi connectivity index (χ1n) is 20.8. The normalized spacial score (nSPS) is 23.3. The predicted octanol–water partition coefficient (Wildman–Crippen LogP) is 8.58. The number of benzene rings is 4. The lowest BCUT2D eigenvalue weighted by atomic mass is 9.55. The van der Waals surface area contributed by atoms with Gasteiger partial charge in [0, 0.05) is 43.2 Å². The van der Waals surface area contributed by atoms with Gasteiger partial charge in [-0.2, -0.15) is 5.26 Å². The SMILES string of the molecule is C=CCO[C@@]12Oc3ccc(O)cc3[C@H]3[C@H](CCCCO)[C@@H](CCCCO)C=C(C(=NOCc4ccccc4)C[C@@H]1N(Cc1ccc(F)cc1)C(=O)c1ccc(C#N)cc1)[C@H]32. The molecule has 11 heteroatoms. The minimum absolute atomic E-state index is 0.0170. The number of unbranched alkanes of at least 4 members (excludes halogenated alkanes) is 2. The van der Waals surface area contributed by atoms with Crippen molar-refractivity contribution in [3.63, 3.8) is 0 Å². The summed E-state index contributed by atoms with van der Waals surface area (Å²) >= 11 is 0. The van der Waals surface area contributed by atoms with Gasteiger partial charge in [0.15, 0.2) is 0 Å². The molecule has 3 N–H and O–H groups in total. The van der Waals surface area contributed by atoms with Crippen molar-refractivity contribution in [2.75, 3.05) is 19.8 Å². The molecule has 0 spiro atoms. The standard InChI is InChI=1S/C49H52FN3O7/c1-2-26-58-49-45(53(31-34-16-20-38(50)21-17-34)48(57)36-18-14-33(30-51)15-19-36)29-43(52-59-32-35-10-4-3-5-11-35)41-27-37(12-6-8-24-54)40(13-7-9-25-55)46(47(41)49)42-28-39(56)22-23-44(42)60-49/h2-5,10-11,14-23,27-28,37,40,45-47,54-56H,1,6-9,12-13,24-26,29,31-32H2/t37-,40+,45-,46+,47+,49+/m0/s1. The first-order valence-corrected chi connectivity index (χ1v) is 20.8. The number of hydrogen-bond acceptors (Lipinski definition) is 9. The molecule has 7 rings (SSSR count). The van der Waals surface area contributed by atoms with Crippen molar-refractivity contribution in [1.82, 2.24) is 4.90 Å². The van der Waals surface area contributed by atoms with Crippen LogP contribution in [0.3, 0.4) is 0 Å². The van der Waals surface area contributed by atoms with Crippen LogP contribution in [-0.2, 0) is 22.7 Å². The van der Waals surface area contributed by atoms with Gasteiger partial charge in [-0.25, -0.2) is 4.39 Å². The summed E-state index contributed by atoms with van der Waals surface area (Å²) in [5.74, 6) is -2.62. The second-order valence-electron chi connectivity index (χ2n) is 15.8. The number of nitriles is 1. The highest BCUT2D eigenvalue weighted by atomic mass is 19.1. The minimum atomic E-state index is -1.54. The van der Waals surface area contributed by atoms with Crippen molar-refractivity contribution in [3.05, 3.63) is 155 Å². The summed E-state index contributed by atoms with van der Waals surface area (Å²) in [5.41, 5.74) is 4.63. The summed E-state index contributed by atoms with van der Waals surface area (Å²) in [5, 5.41) is 45.2. The van der Waals surface area contributed by atoms with E-state index in [4.69, 9.17) is 19.5 Å². The maximum absolute atomic E-state index is 15.2. The lowest BCUT2D eigenvalue weighted by Gasteiger charge is -2.60. The van der Waals surface area contributed by atoms with Crippen LogP contribution in [0, 0.1) is 34.9 Å². The van der Waals surface area contributed by atoms with Crippen molar-refractivity contribution >= 4 is 11.6 Å². The number of nitrogens with zero attached hydrogens (tertiary/aromatic N) is 3. The number of carbonyl (C=O) groups excluding carboxylic acids is 1. The van der Waals surface area contributed by atoms with Gasteiger partial charge >= 0.3 is 0 Å². The van der Waals surface area contributed by atoms with Gasteiger partial charge in [0.2, 0.25) is 5.79 Å². The van der Waals surface area contributed by atoms with E-state index in [-0.39, 0.29) is 68.8 Å². The van der Waals surface area contributed by atoms with Crippen LogP contribution in [0.25, 0.3) is 0 Å². The Bertz CT molecular complexity index is 2200. The maximum atomic E-state index is 15.2. The number of amides is 1. The summed E-state index contributed by atoms with van der Waals surface area (Å²) in [7, 11) is 0. The van der Waals surface area contributed by atoms with E-state index in [2.05, 4.69) is 18.7 Å². The number of allylic oxidation sites excluding steroid dienone is 1. The summed E-state index contributed by atoms with van der Waals surface area (Å²) < 4.78 is 28.6. The van der Waals surface area contributed by atoms with Gasteiger partial charge in [-0.3, -0.25) is 4.79 Å². The Morgan fingerprint density at radius 3 is 2.40 bits per heavy atom. The molecule has 0 radical (unpaired) electrons. The zero-order valence-electron chi connectivity index (χ0n) is 33.7. The summed E-state index contributed by atoms with van der Waals surface area (Å²) in [4.78, 5) is 23.0. The van der Waals surface area contributed by atoms with Crippen LogP contribution in [0.2, 0.25) is 0 Å². The molecule has 1 saturated carbocycles. The van der Waals surface area contributed by atoms with Gasteiger partial charge in [0.1, 0.15) is 30.0 Å². The molecule has 1 amide bonds. The first-order chi connectivity index (χ1) is 29.3. The Labute approximate surface area is 350 Å². The third kappa shape index (κ3) is 9.02. The molecule has 4 aromatic rings. The number of phenolic OH excluding ortho intramolecular Hbond substituents is 1. The van der Waals surface area contributed by atoms with Crippen LogP contribution in [0.4, 0.5) is 4.39 Å². The number of aliphatic hydroxyl groups excluding tert-OH is 2. The van der Waals surface area contributed by atoms with E-state index >= 15 is 4.79 Å². The molecule has 4 aromatic carbocycles. The zero-order chi connectivity index (χ0) is 42.1. The highest BCUT2D eigenvalue weighted by Gasteiger charge is 2.65. The second-order valence-corrected chi connectivity index (χ2v) is 15.8. The molecule has 10 nitrogen and oxygen atoms in total. The highest BCUT2D eigenvalue weighted by Crippen LogP contribution is 2.62. The molecule has 0 saturated heterocycles. The number of ether oxygens (including phenoxy) is 2. The van der Waals surface area contributed by atoms with Gasteiger partial charge in [0.25, 0.3) is 5.91 Å². The number of phenols is 1. The average molecular weight is 814 g/mol. The van der Waals surface area contributed by atoms with Crippen LogP contribution in [-0.4, -0.2) is 63.5 Å². The molecule has 0 bridgehead atoms. The number of hydrogen-bond donors (Lipinski definition) is 3. The lowest BCUT2D eigenvalue weighted by Crippen LogP contribution is -2.70. The number of aromatic hydroxyl groups is 1. The number of carbonyl (C=O) groups is 1. The highest BCUT2D eigenvalue weighted by molar-refractivity contribution is 6.03. The van der Waals surface area contributed by atoms with Crippen LogP contribution in [0.1, 0.15) is 83.5 Å². The van der Waals surface area contributed by atoms with E-state index in [1.54, 1.807) is 65.6 Å². The molecule has 0 unspecified atom stereocenters. The number of oxime groups is 1. The third-order valence-electron chi connectivity index (χ3n) is 12.1. The van der Waals surface area contributed by atoms with Crippen LogP contribution in [0.15, 0.2) is 127 Å². The van der Waals surface area contributed by atoms with Gasteiger partial charge in [-0.15, -0.1) is 6.58 Å². The summed E-state index contributed by atoms with van der Waals surface area (Å²) in [6.45, 7) is 4.45. The van der Waals surface area contributed by atoms with Gasteiger partial charge in [-0.1, -0.05) is 72.6 Å². The molecule has 312 valence electrons. The summed E-state index contributed by atoms with van der Waals surface area (Å²) in [6, 6.07) is 28.5. The molecule has 1 heterocycles. The minimum Gasteiger partial charge on any atom is -0.508 e. The Morgan fingerprint density at radius 2 is 1.70 bits per heavy atom. The quantitative estimate of drug-likeness (QED) is 0.0515. The van der Waals surface area contributed by atoms with E-state index in [0.29, 0.717) is 41.0 Å².